The fourth-order valence-electron chi connectivity index (χ4n) is 2.19. The maximum absolute atomic E-state index is 11.4. The molecule has 0 aliphatic rings. The van der Waals surface area contributed by atoms with Crippen molar-refractivity contribution in [2.45, 2.75) is 26.4 Å². The first kappa shape index (κ1) is 15.3. The molecule has 0 fully saturated rings. The molecule has 0 aliphatic carbocycles. The lowest BCUT2D eigenvalue weighted by molar-refractivity contribution is -0.164. The van der Waals surface area contributed by atoms with E-state index in [1.807, 2.05) is 42.5 Å². The Morgan fingerprint density at radius 3 is 1.81 bits per heavy atom. The number of carbonyl (C=O) groups is 1. The molecular formula is C18H20O3. The third-order valence-corrected chi connectivity index (χ3v) is 4.31. The number of aliphatic hydroxyl groups is 1. The van der Waals surface area contributed by atoms with Crippen molar-refractivity contribution >= 4 is 5.97 Å². The van der Waals surface area contributed by atoms with Gasteiger partial charge in [0, 0.05) is 0 Å². The van der Waals surface area contributed by atoms with Crippen LogP contribution in [-0.4, -0.2) is 16.2 Å². The summed E-state index contributed by atoms with van der Waals surface area (Å²) in [5.41, 5.74) is -0.0194. The van der Waals surface area contributed by atoms with Gasteiger partial charge in [-0.3, -0.25) is 4.79 Å². The van der Waals surface area contributed by atoms with Crippen LogP contribution >= 0.6 is 0 Å². The van der Waals surface area contributed by atoms with Crippen LogP contribution in [0.5, 0.6) is 0 Å². The first-order chi connectivity index (χ1) is 9.76. The second kappa shape index (κ2) is 5.34. The van der Waals surface area contributed by atoms with Gasteiger partial charge in [-0.05, 0) is 37.5 Å². The van der Waals surface area contributed by atoms with Crippen LogP contribution in [0.25, 0.3) is 11.1 Å². The number of hydrogen-bond donors (Lipinski definition) is 2. The lowest BCUT2D eigenvalue weighted by atomic mass is 9.72. The molecule has 0 radical (unpaired) electrons. The highest BCUT2D eigenvalue weighted by Crippen LogP contribution is 2.40. The van der Waals surface area contributed by atoms with E-state index in [1.54, 1.807) is 19.1 Å². The predicted octanol–water partition coefficient (Wildman–Crippen LogP) is 3.67. The molecule has 0 saturated carbocycles. The minimum absolute atomic E-state index is 0.592. The van der Waals surface area contributed by atoms with Crippen molar-refractivity contribution in [3.63, 3.8) is 0 Å². The Kier molecular flexibility index (Phi) is 3.88. The quantitative estimate of drug-likeness (QED) is 0.900. The van der Waals surface area contributed by atoms with E-state index in [0.29, 0.717) is 5.56 Å². The second-order valence-electron chi connectivity index (χ2n) is 5.95. The highest BCUT2D eigenvalue weighted by Gasteiger charge is 2.46. The monoisotopic (exact) mass is 284 g/mol. The third kappa shape index (κ3) is 2.69. The Labute approximate surface area is 124 Å². The molecule has 2 aromatic carbocycles. The standard InChI is InChI=1S/C18H20O3/c1-17(2,16(19)20)18(3,21)15-11-9-14(10-12-15)13-7-5-4-6-8-13/h4-12,21H,1-3H3,(H,19,20). The summed E-state index contributed by atoms with van der Waals surface area (Å²) in [7, 11) is 0. The Bertz CT molecular complexity index is 625. The first-order valence-electron chi connectivity index (χ1n) is 6.88. The van der Waals surface area contributed by atoms with Crippen LogP contribution in [-0.2, 0) is 10.4 Å². The van der Waals surface area contributed by atoms with Gasteiger partial charge >= 0.3 is 5.97 Å². The van der Waals surface area contributed by atoms with Crippen LogP contribution in [0.3, 0.4) is 0 Å². The van der Waals surface area contributed by atoms with Gasteiger partial charge < -0.3 is 10.2 Å². The van der Waals surface area contributed by atoms with Gasteiger partial charge in [0.05, 0.1) is 5.41 Å². The highest BCUT2D eigenvalue weighted by atomic mass is 16.4. The molecule has 1 atom stereocenters. The zero-order valence-corrected chi connectivity index (χ0v) is 12.5. The van der Waals surface area contributed by atoms with Gasteiger partial charge in [-0.15, -0.1) is 0 Å². The minimum atomic E-state index is -1.45. The number of rotatable bonds is 4. The predicted molar refractivity (Wildman–Crippen MR) is 82.9 cm³/mol. The van der Waals surface area contributed by atoms with Crippen molar-refractivity contribution in [1.82, 2.24) is 0 Å². The van der Waals surface area contributed by atoms with Gasteiger partial charge in [0.25, 0.3) is 0 Å². The Morgan fingerprint density at radius 1 is 0.857 bits per heavy atom. The lowest BCUT2D eigenvalue weighted by Gasteiger charge is -2.37. The topological polar surface area (TPSA) is 57.5 Å². The maximum atomic E-state index is 11.4. The summed E-state index contributed by atoms with van der Waals surface area (Å²) in [5.74, 6) is -1.03. The summed E-state index contributed by atoms with van der Waals surface area (Å²) in [6, 6.07) is 17.3. The van der Waals surface area contributed by atoms with Gasteiger partial charge in [0.2, 0.25) is 0 Å². The van der Waals surface area contributed by atoms with Crippen LogP contribution < -0.4 is 0 Å². The maximum Gasteiger partial charge on any atom is 0.312 e. The molecule has 3 nitrogen and oxygen atoms in total. The van der Waals surface area contributed by atoms with Gasteiger partial charge in [0.15, 0.2) is 0 Å². The van der Waals surface area contributed by atoms with E-state index in [0.717, 1.165) is 11.1 Å². The second-order valence-corrected chi connectivity index (χ2v) is 5.95. The first-order valence-corrected chi connectivity index (χ1v) is 6.88. The van der Waals surface area contributed by atoms with E-state index in [4.69, 9.17) is 0 Å². The minimum Gasteiger partial charge on any atom is -0.481 e. The summed E-state index contributed by atoms with van der Waals surface area (Å²) in [5, 5.41) is 20.0. The average molecular weight is 284 g/mol. The molecule has 2 rings (SSSR count). The molecule has 0 saturated heterocycles. The van der Waals surface area contributed by atoms with E-state index < -0.39 is 17.0 Å². The van der Waals surface area contributed by atoms with Crippen molar-refractivity contribution in [3.05, 3.63) is 60.2 Å². The fourth-order valence-corrected chi connectivity index (χ4v) is 2.19. The van der Waals surface area contributed by atoms with Crippen molar-refractivity contribution in [2.75, 3.05) is 0 Å². The molecule has 0 amide bonds. The molecular weight excluding hydrogens is 264 g/mol. The van der Waals surface area contributed by atoms with Gasteiger partial charge in [-0.1, -0.05) is 54.6 Å². The van der Waals surface area contributed by atoms with E-state index in [1.165, 1.54) is 13.8 Å². The van der Waals surface area contributed by atoms with Crippen LogP contribution in [0.1, 0.15) is 26.3 Å². The number of hydrogen-bond acceptors (Lipinski definition) is 2. The molecule has 3 heteroatoms. The molecule has 0 bridgehead atoms. The number of carboxylic acids is 1. The largest absolute Gasteiger partial charge is 0.481 e. The molecule has 0 aliphatic heterocycles. The lowest BCUT2D eigenvalue weighted by Crippen LogP contribution is -2.44. The molecule has 1 unspecified atom stereocenters. The van der Waals surface area contributed by atoms with Crippen molar-refractivity contribution < 1.29 is 15.0 Å². The number of benzene rings is 2. The number of aliphatic carboxylic acids is 1. The molecule has 0 heterocycles. The summed E-state index contributed by atoms with van der Waals surface area (Å²) in [4.78, 5) is 11.4. The van der Waals surface area contributed by atoms with Crippen molar-refractivity contribution in [2.24, 2.45) is 5.41 Å². The summed E-state index contributed by atoms with van der Waals surface area (Å²) >= 11 is 0. The molecule has 21 heavy (non-hydrogen) atoms. The summed E-state index contributed by atoms with van der Waals surface area (Å²) in [6.45, 7) is 4.60. The molecule has 2 N–H and O–H groups in total. The summed E-state index contributed by atoms with van der Waals surface area (Å²) < 4.78 is 0. The zero-order valence-electron chi connectivity index (χ0n) is 12.5. The fraction of sp³-hybridized carbons (Fsp3) is 0.278. The Balaban J connectivity index is 2.37. The zero-order chi connectivity index (χ0) is 15.7. The average Bonchev–Trinajstić information content (AvgIpc) is 2.48. The van der Waals surface area contributed by atoms with E-state index >= 15 is 0 Å². The van der Waals surface area contributed by atoms with E-state index in [2.05, 4.69) is 0 Å². The number of carboxylic acid groups (broad SMARTS) is 1. The van der Waals surface area contributed by atoms with Crippen molar-refractivity contribution in [1.29, 1.82) is 0 Å². The Hall–Kier alpha value is -2.13. The van der Waals surface area contributed by atoms with E-state index in [9.17, 15) is 15.0 Å². The van der Waals surface area contributed by atoms with Crippen LogP contribution in [0, 0.1) is 5.41 Å². The molecule has 0 aromatic heterocycles. The summed E-state index contributed by atoms with van der Waals surface area (Å²) in [6.07, 6.45) is 0. The molecule has 0 spiro atoms. The van der Waals surface area contributed by atoms with Crippen LogP contribution in [0.4, 0.5) is 0 Å². The third-order valence-electron chi connectivity index (χ3n) is 4.31. The normalized spacial score (nSPS) is 14.5. The molecule has 2 aromatic rings. The smallest absolute Gasteiger partial charge is 0.312 e. The van der Waals surface area contributed by atoms with Gasteiger partial charge in [-0.2, -0.15) is 0 Å². The van der Waals surface area contributed by atoms with E-state index in [-0.39, 0.29) is 0 Å². The van der Waals surface area contributed by atoms with Crippen molar-refractivity contribution in [3.8, 4) is 11.1 Å². The van der Waals surface area contributed by atoms with Gasteiger partial charge in [-0.25, -0.2) is 0 Å². The van der Waals surface area contributed by atoms with Crippen LogP contribution in [0.15, 0.2) is 54.6 Å². The molecule has 110 valence electrons. The van der Waals surface area contributed by atoms with Crippen LogP contribution in [0.2, 0.25) is 0 Å². The Morgan fingerprint density at radius 2 is 1.33 bits per heavy atom. The highest BCUT2D eigenvalue weighted by molar-refractivity contribution is 5.76. The SMILES string of the molecule is CC(C)(C(=O)O)C(C)(O)c1ccc(-c2ccccc2)cc1. The van der Waals surface area contributed by atoms with Gasteiger partial charge in [0.1, 0.15) is 5.60 Å².